The summed E-state index contributed by atoms with van der Waals surface area (Å²) in [5.74, 6) is 0.557. The van der Waals surface area contributed by atoms with E-state index in [0.717, 1.165) is 0 Å². The highest BCUT2D eigenvalue weighted by atomic mass is 32.2. The Morgan fingerprint density at radius 1 is 1.29 bits per heavy atom. The van der Waals surface area contributed by atoms with Gasteiger partial charge in [-0.25, -0.2) is 13.1 Å². The first kappa shape index (κ1) is 18.1. The van der Waals surface area contributed by atoms with Crippen LogP contribution >= 0.6 is 0 Å². The van der Waals surface area contributed by atoms with Gasteiger partial charge in [-0.3, -0.25) is 0 Å². The Hall–Kier alpha value is -0.930. The summed E-state index contributed by atoms with van der Waals surface area (Å²) in [5.41, 5.74) is -0.0753. The molecule has 0 aliphatic heterocycles. The molecule has 3 N–H and O–H groups in total. The highest BCUT2D eigenvalue weighted by Gasteiger charge is 2.19. The molecule has 1 rings (SSSR count). The minimum absolute atomic E-state index is 0.0753. The molecular weight excluding hydrogens is 296 g/mol. The zero-order valence-electron chi connectivity index (χ0n) is 12.7. The smallest absolute Gasteiger partial charge is 0.274 e. The number of sulfonamides is 1. The first-order valence-corrected chi connectivity index (χ1v) is 8.25. The van der Waals surface area contributed by atoms with Crippen molar-refractivity contribution in [3.8, 4) is 0 Å². The lowest BCUT2D eigenvalue weighted by Gasteiger charge is -2.19. The van der Waals surface area contributed by atoms with E-state index in [9.17, 15) is 8.42 Å². The fourth-order valence-corrected chi connectivity index (χ4v) is 2.39. The van der Waals surface area contributed by atoms with Gasteiger partial charge in [-0.1, -0.05) is 0 Å². The zero-order chi connectivity index (χ0) is 15.9. The highest BCUT2D eigenvalue weighted by molar-refractivity contribution is 7.89. The number of furan rings is 1. The average molecular weight is 320 g/mol. The predicted molar refractivity (Wildman–Crippen MR) is 78.4 cm³/mol. The van der Waals surface area contributed by atoms with Gasteiger partial charge in [-0.15, -0.1) is 0 Å². The van der Waals surface area contributed by atoms with Crippen molar-refractivity contribution in [2.45, 2.75) is 37.9 Å². The van der Waals surface area contributed by atoms with E-state index in [4.69, 9.17) is 14.3 Å². The van der Waals surface area contributed by atoms with Gasteiger partial charge in [-0.2, -0.15) is 0 Å². The summed E-state index contributed by atoms with van der Waals surface area (Å²) >= 11 is 0. The molecule has 1 aromatic rings. The first-order valence-electron chi connectivity index (χ1n) is 6.76. The lowest BCUT2D eigenvalue weighted by molar-refractivity contribution is 0.0961. The number of hydrogen-bond donors (Lipinski definition) is 3. The van der Waals surface area contributed by atoms with E-state index in [-0.39, 0.29) is 37.0 Å². The van der Waals surface area contributed by atoms with Gasteiger partial charge in [0.05, 0.1) is 26.4 Å². The first-order chi connectivity index (χ1) is 9.74. The van der Waals surface area contributed by atoms with Crippen molar-refractivity contribution in [1.82, 2.24) is 10.0 Å². The standard InChI is InChI=1S/C13H24N2O5S/c1-13(2,3)14-10-11-4-5-12(20-11)21(17,18)15-6-8-19-9-7-16/h4-5,14-16H,6-10H2,1-3H3. The van der Waals surface area contributed by atoms with E-state index >= 15 is 0 Å². The van der Waals surface area contributed by atoms with Crippen LogP contribution < -0.4 is 10.0 Å². The molecule has 0 saturated carbocycles. The predicted octanol–water partition coefficient (Wildman–Crippen LogP) is 0.455. The van der Waals surface area contributed by atoms with Crippen LogP contribution in [0.2, 0.25) is 0 Å². The molecule has 0 aliphatic carbocycles. The molecule has 21 heavy (non-hydrogen) atoms. The number of rotatable bonds is 9. The van der Waals surface area contributed by atoms with Crippen LogP contribution in [0.5, 0.6) is 0 Å². The maximum atomic E-state index is 11.9. The molecule has 0 aromatic carbocycles. The summed E-state index contributed by atoms with van der Waals surface area (Å²) < 4.78 is 36.6. The number of aliphatic hydroxyl groups is 1. The Morgan fingerprint density at radius 3 is 2.62 bits per heavy atom. The van der Waals surface area contributed by atoms with Gasteiger partial charge in [0.25, 0.3) is 10.0 Å². The van der Waals surface area contributed by atoms with Crippen LogP contribution in [0.25, 0.3) is 0 Å². The Labute approximate surface area is 125 Å². The fourth-order valence-electron chi connectivity index (χ4n) is 1.44. The number of ether oxygens (including phenoxy) is 1. The Bertz CT molecular complexity index is 519. The monoisotopic (exact) mass is 320 g/mol. The molecule has 0 bridgehead atoms. The molecule has 0 amide bonds. The van der Waals surface area contributed by atoms with Gasteiger partial charge >= 0.3 is 0 Å². The molecule has 7 nitrogen and oxygen atoms in total. The number of hydrogen-bond acceptors (Lipinski definition) is 6. The Morgan fingerprint density at radius 2 is 2.00 bits per heavy atom. The zero-order valence-corrected chi connectivity index (χ0v) is 13.5. The van der Waals surface area contributed by atoms with E-state index in [0.29, 0.717) is 12.3 Å². The van der Waals surface area contributed by atoms with Crippen molar-refractivity contribution in [3.05, 3.63) is 17.9 Å². The summed E-state index contributed by atoms with van der Waals surface area (Å²) in [4.78, 5) is 0. The van der Waals surface area contributed by atoms with Crippen molar-refractivity contribution in [3.63, 3.8) is 0 Å². The molecule has 0 spiro atoms. The van der Waals surface area contributed by atoms with Gasteiger partial charge < -0.3 is 19.6 Å². The van der Waals surface area contributed by atoms with E-state index in [1.54, 1.807) is 6.07 Å². The maximum absolute atomic E-state index is 11.9. The van der Waals surface area contributed by atoms with E-state index in [1.807, 2.05) is 20.8 Å². The summed E-state index contributed by atoms with van der Waals surface area (Å²) in [6.45, 7) is 6.92. The molecule has 0 unspecified atom stereocenters. The maximum Gasteiger partial charge on any atom is 0.274 e. The number of nitrogens with one attached hydrogen (secondary N) is 2. The SMILES string of the molecule is CC(C)(C)NCc1ccc(S(=O)(=O)NCCOCCO)o1. The van der Waals surface area contributed by atoms with Gasteiger partial charge in [0, 0.05) is 12.1 Å². The second-order valence-corrected chi connectivity index (χ2v) is 7.26. The normalized spacial score (nSPS) is 12.8. The molecule has 0 aliphatic rings. The molecule has 8 heteroatoms. The minimum atomic E-state index is -3.67. The molecule has 0 radical (unpaired) electrons. The van der Waals surface area contributed by atoms with E-state index in [1.165, 1.54) is 6.07 Å². The molecule has 0 saturated heterocycles. The number of aliphatic hydroxyl groups excluding tert-OH is 1. The second kappa shape index (κ2) is 7.90. The minimum Gasteiger partial charge on any atom is -0.447 e. The molecule has 1 aromatic heterocycles. The molecular formula is C13H24N2O5S. The lowest BCUT2D eigenvalue weighted by Crippen LogP contribution is -2.34. The van der Waals surface area contributed by atoms with Crippen LogP contribution in [0.15, 0.2) is 21.6 Å². The van der Waals surface area contributed by atoms with Gasteiger partial charge in [-0.05, 0) is 32.9 Å². The van der Waals surface area contributed by atoms with Crippen LogP contribution in [0.1, 0.15) is 26.5 Å². The van der Waals surface area contributed by atoms with Crippen LogP contribution in [-0.4, -0.2) is 45.4 Å². The summed E-state index contributed by atoms with van der Waals surface area (Å²) in [6.07, 6.45) is 0. The third kappa shape index (κ3) is 7.05. The van der Waals surface area contributed by atoms with E-state index in [2.05, 4.69) is 10.0 Å². The van der Waals surface area contributed by atoms with Crippen LogP contribution in [0.3, 0.4) is 0 Å². The molecule has 122 valence electrons. The fraction of sp³-hybridized carbons (Fsp3) is 0.692. The topological polar surface area (TPSA) is 101 Å². The Balaban J connectivity index is 2.50. The second-order valence-electron chi connectivity index (χ2n) is 5.56. The Kier molecular flexibility index (Phi) is 6.82. The van der Waals surface area contributed by atoms with Crippen LogP contribution in [0.4, 0.5) is 0 Å². The van der Waals surface area contributed by atoms with Crippen molar-refractivity contribution in [2.75, 3.05) is 26.4 Å². The van der Waals surface area contributed by atoms with Crippen molar-refractivity contribution >= 4 is 10.0 Å². The molecule has 1 heterocycles. The van der Waals surface area contributed by atoms with Gasteiger partial charge in [0.1, 0.15) is 5.76 Å². The highest BCUT2D eigenvalue weighted by Crippen LogP contribution is 2.14. The summed E-state index contributed by atoms with van der Waals surface area (Å²) in [6, 6.07) is 3.06. The van der Waals surface area contributed by atoms with Gasteiger partial charge in [0.15, 0.2) is 0 Å². The third-order valence-electron chi connectivity index (χ3n) is 2.47. The van der Waals surface area contributed by atoms with Crippen molar-refractivity contribution in [1.29, 1.82) is 0 Å². The van der Waals surface area contributed by atoms with Crippen LogP contribution in [-0.2, 0) is 21.3 Å². The molecule has 0 fully saturated rings. The largest absolute Gasteiger partial charge is 0.447 e. The summed E-state index contributed by atoms with van der Waals surface area (Å²) in [5, 5.41) is 11.6. The lowest BCUT2D eigenvalue weighted by atomic mass is 10.1. The average Bonchev–Trinajstić information content (AvgIpc) is 2.85. The van der Waals surface area contributed by atoms with Gasteiger partial charge in [0.2, 0.25) is 5.09 Å². The van der Waals surface area contributed by atoms with Crippen molar-refractivity contribution < 1.29 is 22.7 Å². The summed E-state index contributed by atoms with van der Waals surface area (Å²) in [7, 11) is -3.67. The molecule has 0 atom stereocenters. The third-order valence-corrected chi connectivity index (χ3v) is 3.80. The van der Waals surface area contributed by atoms with Crippen LogP contribution in [0, 0.1) is 0 Å². The quantitative estimate of drug-likeness (QED) is 0.571. The van der Waals surface area contributed by atoms with Crippen molar-refractivity contribution in [2.24, 2.45) is 0 Å². The van der Waals surface area contributed by atoms with E-state index < -0.39 is 10.0 Å².